The van der Waals surface area contributed by atoms with Crippen molar-refractivity contribution >= 4 is 11.9 Å². The molecule has 0 bridgehead atoms. The fraction of sp³-hybridized carbons (Fsp3) is 0.421. The largest absolute Gasteiger partial charge is 0.478 e. The van der Waals surface area contributed by atoms with Crippen molar-refractivity contribution in [3.63, 3.8) is 0 Å². The molecule has 1 fully saturated rings. The summed E-state index contributed by atoms with van der Waals surface area (Å²) in [5.41, 5.74) is 1.29. The van der Waals surface area contributed by atoms with E-state index in [1.54, 1.807) is 24.4 Å². The number of rotatable bonds is 5. The number of hydrogen-bond acceptors (Lipinski definition) is 3. The first kappa shape index (κ1) is 17.2. The van der Waals surface area contributed by atoms with Gasteiger partial charge in [-0.3, -0.25) is 4.79 Å². The summed E-state index contributed by atoms with van der Waals surface area (Å²) in [4.78, 5) is 30.0. The van der Waals surface area contributed by atoms with Crippen LogP contribution in [-0.2, 0) is 17.8 Å². The molecule has 1 amide bonds. The third-order valence-corrected chi connectivity index (χ3v) is 4.80. The van der Waals surface area contributed by atoms with Gasteiger partial charge in [-0.05, 0) is 30.5 Å². The molecular weight excluding hydrogens is 318 g/mol. The minimum Gasteiger partial charge on any atom is -0.478 e. The normalized spacial score (nSPS) is 17.5. The Bertz CT molecular complexity index is 769. The molecule has 0 aliphatic carbocycles. The van der Waals surface area contributed by atoms with Crippen LogP contribution in [0.3, 0.4) is 0 Å². The van der Waals surface area contributed by atoms with E-state index in [9.17, 15) is 9.59 Å². The summed E-state index contributed by atoms with van der Waals surface area (Å²) in [6.45, 7) is 3.73. The van der Waals surface area contributed by atoms with Crippen molar-refractivity contribution in [3.05, 3.63) is 53.6 Å². The molecule has 25 heavy (non-hydrogen) atoms. The lowest BCUT2D eigenvalue weighted by molar-refractivity contribution is -0.133. The zero-order chi connectivity index (χ0) is 17.8. The molecule has 2 heterocycles. The second-order valence-electron chi connectivity index (χ2n) is 6.43. The van der Waals surface area contributed by atoms with Gasteiger partial charge in [-0.1, -0.05) is 19.1 Å². The van der Waals surface area contributed by atoms with Gasteiger partial charge in [0.25, 0.3) is 0 Å². The van der Waals surface area contributed by atoms with Gasteiger partial charge in [-0.15, -0.1) is 0 Å². The van der Waals surface area contributed by atoms with Crippen LogP contribution in [0, 0.1) is 0 Å². The lowest BCUT2D eigenvalue weighted by Crippen LogP contribution is -2.41. The molecule has 1 unspecified atom stereocenters. The summed E-state index contributed by atoms with van der Waals surface area (Å²) in [5, 5.41) is 9.17. The Kier molecular flexibility index (Phi) is 5.16. The van der Waals surface area contributed by atoms with Gasteiger partial charge in [-0.2, -0.15) is 0 Å². The number of carbonyl (C=O) groups is 2. The van der Waals surface area contributed by atoms with Crippen molar-refractivity contribution in [1.29, 1.82) is 0 Å². The molecule has 0 spiro atoms. The van der Waals surface area contributed by atoms with Crippen molar-refractivity contribution in [1.82, 2.24) is 14.5 Å². The number of amides is 1. The number of aromatic carboxylic acids is 1. The van der Waals surface area contributed by atoms with Gasteiger partial charge in [0.15, 0.2) is 0 Å². The Morgan fingerprint density at radius 1 is 1.36 bits per heavy atom. The monoisotopic (exact) mass is 341 g/mol. The Morgan fingerprint density at radius 2 is 2.20 bits per heavy atom. The third kappa shape index (κ3) is 3.90. The summed E-state index contributed by atoms with van der Waals surface area (Å²) in [7, 11) is 0. The third-order valence-electron chi connectivity index (χ3n) is 4.80. The van der Waals surface area contributed by atoms with Crippen molar-refractivity contribution < 1.29 is 14.7 Å². The van der Waals surface area contributed by atoms with Gasteiger partial charge in [-0.25, -0.2) is 9.78 Å². The number of benzene rings is 1. The lowest BCUT2D eigenvalue weighted by atomic mass is 9.89. The zero-order valence-corrected chi connectivity index (χ0v) is 14.4. The molecular formula is C19H23N3O3. The molecule has 1 aromatic heterocycles. The van der Waals surface area contributed by atoms with E-state index in [0.29, 0.717) is 18.7 Å². The molecule has 1 N–H and O–H groups in total. The standard InChI is InChI=1S/C19H23N3O3/c1-2-17-20-8-10-21(17)13-18(23)22-9-4-7-16(12-22)14-5-3-6-15(11-14)19(24)25/h3,5-6,8,10-11,16H,2,4,7,9,12-13H2,1H3,(H,24,25). The molecule has 0 radical (unpaired) electrons. The molecule has 1 atom stereocenters. The predicted octanol–water partition coefficient (Wildman–Crippen LogP) is 2.55. The summed E-state index contributed by atoms with van der Waals surface area (Å²) in [6, 6.07) is 7.06. The molecule has 1 aromatic carbocycles. The van der Waals surface area contributed by atoms with Crippen LogP contribution in [0.5, 0.6) is 0 Å². The highest BCUT2D eigenvalue weighted by molar-refractivity contribution is 5.87. The summed E-state index contributed by atoms with van der Waals surface area (Å²) in [5.74, 6) is 0.270. The van der Waals surface area contributed by atoms with E-state index in [2.05, 4.69) is 4.98 Å². The highest BCUT2D eigenvalue weighted by atomic mass is 16.4. The number of hydrogen-bond donors (Lipinski definition) is 1. The summed E-state index contributed by atoms with van der Waals surface area (Å²) >= 11 is 0. The van der Waals surface area contributed by atoms with E-state index in [4.69, 9.17) is 5.11 Å². The van der Waals surface area contributed by atoms with Gasteiger partial charge in [0.2, 0.25) is 5.91 Å². The fourth-order valence-corrected chi connectivity index (χ4v) is 3.45. The lowest BCUT2D eigenvalue weighted by Gasteiger charge is -2.33. The highest BCUT2D eigenvalue weighted by Crippen LogP contribution is 2.27. The molecule has 1 aliphatic rings. The first-order valence-corrected chi connectivity index (χ1v) is 8.69. The van der Waals surface area contributed by atoms with E-state index in [0.717, 1.165) is 37.2 Å². The number of imidazole rings is 1. The predicted molar refractivity (Wildman–Crippen MR) is 93.6 cm³/mol. The second-order valence-corrected chi connectivity index (χ2v) is 6.43. The first-order valence-electron chi connectivity index (χ1n) is 8.69. The van der Waals surface area contributed by atoms with Gasteiger partial charge >= 0.3 is 5.97 Å². The highest BCUT2D eigenvalue weighted by Gasteiger charge is 2.25. The quantitative estimate of drug-likeness (QED) is 0.907. The van der Waals surface area contributed by atoms with Crippen LogP contribution in [0.15, 0.2) is 36.7 Å². The summed E-state index contributed by atoms with van der Waals surface area (Å²) < 4.78 is 1.90. The van der Waals surface area contributed by atoms with E-state index in [-0.39, 0.29) is 11.8 Å². The van der Waals surface area contributed by atoms with Crippen LogP contribution in [0.4, 0.5) is 0 Å². The fourth-order valence-electron chi connectivity index (χ4n) is 3.45. The van der Waals surface area contributed by atoms with E-state index >= 15 is 0 Å². The minimum atomic E-state index is -0.919. The molecule has 1 saturated heterocycles. The van der Waals surface area contributed by atoms with Crippen molar-refractivity contribution in [2.75, 3.05) is 13.1 Å². The van der Waals surface area contributed by atoms with Crippen molar-refractivity contribution in [2.24, 2.45) is 0 Å². The van der Waals surface area contributed by atoms with Crippen molar-refractivity contribution in [3.8, 4) is 0 Å². The van der Waals surface area contributed by atoms with Crippen LogP contribution < -0.4 is 0 Å². The van der Waals surface area contributed by atoms with E-state index in [1.165, 1.54) is 0 Å². The van der Waals surface area contributed by atoms with E-state index < -0.39 is 5.97 Å². The van der Waals surface area contributed by atoms with Crippen LogP contribution in [0.1, 0.15) is 47.4 Å². The van der Waals surface area contributed by atoms with E-state index in [1.807, 2.05) is 28.7 Å². The Morgan fingerprint density at radius 3 is 2.96 bits per heavy atom. The topological polar surface area (TPSA) is 75.4 Å². The average molecular weight is 341 g/mol. The Labute approximate surface area is 147 Å². The number of carboxylic acid groups (broad SMARTS) is 1. The minimum absolute atomic E-state index is 0.0896. The van der Waals surface area contributed by atoms with Crippen LogP contribution in [0.2, 0.25) is 0 Å². The molecule has 0 saturated carbocycles. The average Bonchev–Trinajstić information content (AvgIpc) is 3.09. The molecule has 1 aliphatic heterocycles. The van der Waals surface area contributed by atoms with Crippen LogP contribution >= 0.6 is 0 Å². The molecule has 132 valence electrons. The maximum absolute atomic E-state index is 12.7. The van der Waals surface area contributed by atoms with Crippen LogP contribution in [0.25, 0.3) is 0 Å². The van der Waals surface area contributed by atoms with Crippen LogP contribution in [-0.4, -0.2) is 44.5 Å². The summed E-state index contributed by atoms with van der Waals surface area (Å²) in [6.07, 6.45) is 6.26. The van der Waals surface area contributed by atoms with Gasteiger partial charge in [0.1, 0.15) is 12.4 Å². The number of piperidine rings is 1. The molecule has 6 nitrogen and oxygen atoms in total. The molecule has 6 heteroatoms. The number of nitrogens with zero attached hydrogens (tertiary/aromatic N) is 3. The van der Waals surface area contributed by atoms with Gasteiger partial charge in [0.05, 0.1) is 5.56 Å². The smallest absolute Gasteiger partial charge is 0.335 e. The maximum atomic E-state index is 12.7. The number of aromatic nitrogens is 2. The van der Waals surface area contributed by atoms with Gasteiger partial charge in [0, 0.05) is 37.8 Å². The van der Waals surface area contributed by atoms with Gasteiger partial charge < -0.3 is 14.6 Å². The zero-order valence-electron chi connectivity index (χ0n) is 14.4. The number of likely N-dealkylation sites (tertiary alicyclic amines) is 1. The Balaban J connectivity index is 1.69. The number of carbonyl (C=O) groups excluding carboxylic acids is 1. The number of aryl methyl sites for hydroxylation is 1. The SMILES string of the molecule is CCc1nccn1CC(=O)N1CCCC(c2cccc(C(=O)O)c2)C1. The molecule has 2 aromatic rings. The number of carboxylic acids is 1. The molecule has 3 rings (SSSR count). The Hall–Kier alpha value is -2.63. The maximum Gasteiger partial charge on any atom is 0.335 e. The van der Waals surface area contributed by atoms with Crippen molar-refractivity contribution in [2.45, 2.75) is 38.6 Å². The first-order chi connectivity index (χ1) is 12.1. The second kappa shape index (κ2) is 7.51.